The molecule has 0 saturated carbocycles. The van der Waals surface area contributed by atoms with Gasteiger partial charge in [0.1, 0.15) is 11.3 Å². The Hall–Kier alpha value is -4.49. The van der Waals surface area contributed by atoms with Crippen molar-refractivity contribution in [1.29, 1.82) is 0 Å². The van der Waals surface area contributed by atoms with Gasteiger partial charge in [-0.05, 0) is 67.3 Å². The number of carbonyl (C=O) groups excluding carboxylic acids is 1. The third-order valence-corrected chi connectivity index (χ3v) is 6.97. The number of fused-ring (bicyclic) bond motifs is 1. The van der Waals surface area contributed by atoms with E-state index in [2.05, 4.69) is 17.4 Å². The topological polar surface area (TPSA) is 89.4 Å². The van der Waals surface area contributed by atoms with Crippen molar-refractivity contribution in [2.75, 3.05) is 0 Å². The molecule has 3 aromatic carbocycles. The number of benzene rings is 3. The van der Waals surface area contributed by atoms with Crippen molar-refractivity contribution in [1.82, 2.24) is 5.32 Å². The van der Waals surface area contributed by atoms with Crippen LogP contribution in [-0.2, 0) is 16.8 Å². The Kier molecular flexibility index (Phi) is 6.93. The quantitative estimate of drug-likeness (QED) is 0.217. The Morgan fingerprint density at radius 1 is 1.05 bits per heavy atom. The summed E-state index contributed by atoms with van der Waals surface area (Å²) in [7, 11) is 0. The van der Waals surface area contributed by atoms with E-state index in [0.717, 1.165) is 40.1 Å². The molecule has 2 heterocycles. The Morgan fingerprint density at radius 3 is 2.54 bits per heavy atom. The summed E-state index contributed by atoms with van der Waals surface area (Å²) in [6.45, 7) is 5.39. The molecule has 6 nitrogen and oxygen atoms in total. The summed E-state index contributed by atoms with van der Waals surface area (Å²) in [6.07, 6.45) is 1.24. The van der Waals surface area contributed by atoms with Crippen LogP contribution in [-0.4, -0.2) is 11.0 Å². The maximum atomic E-state index is 14.4. The Balaban J connectivity index is 1.40. The second-order valence-electron chi connectivity index (χ2n) is 10.0. The number of aryl methyl sites for hydroxylation is 2. The molecule has 0 radical (unpaired) electrons. The highest BCUT2D eigenvalue weighted by Gasteiger charge is 2.40. The third kappa shape index (κ3) is 5.26. The number of carbonyl (C=O) groups is 1. The van der Waals surface area contributed by atoms with Crippen LogP contribution in [0.2, 0.25) is 0 Å². The second kappa shape index (κ2) is 10.3. The summed E-state index contributed by atoms with van der Waals surface area (Å²) in [6, 6.07) is 24.9. The lowest BCUT2D eigenvalue weighted by Crippen LogP contribution is -2.42. The Bertz CT molecular complexity index is 1640. The fraction of sp³-hybridized carbons (Fsp3) is 0.188. The van der Waals surface area contributed by atoms with Crippen LogP contribution in [0, 0.1) is 24.9 Å². The molecule has 2 N–H and O–H groups in total. The van der Waals surface area contributed by atoms with Gasteiger partial charge in [0.15, 0.2) is 12.0 Å². The molecule has 2 aromatic heterocycles. The van der Waals surface area contributed by atoms with Gasteiger partial charge in [-0.1, -0.05) is 60.2 Å². The number of pyridine rings is 1. The molecule has 0 saturated heterocycles. The second-order valence-corrected chi connectivity index (χ2v) is 10.0. The predicted molar refractivity (Wildman–Crippen MR) is 146 cm³/mol. The molecule has 5 aromatic rings. The first-order valence-electron chi connectivity index (χ1n) is 12.7. The molecule has 0 fully saturated rings. The molecule has 2 atom stereocenters. The zero-order valence-corrected chi connectivity index (χ0v) is 21.9. The van der Waals surface area contributed by atoms with Gasteiger partial charge in [-0.2, -0.15) is 9.12 Å². The van der Waals surface area contributed by atoms with E-state index in [0.29, 0.717) is 11.0 Å². The zero-order valence-electron chi connectivity index (χ0n) is 21.9. The van der Waals surface area contributed by atoms with Crippen LogP contribution >= 0.6 is 0 Å². The molecule has 0 aliphatic heterocycles. The van der Waals surface area contributed by atoms with Crippen LogP contribution in [0.25, 0.3) is 11.0 Å². The minimum atomic E-state index is -2.00. The average molecular weight is 525 g/mol. The van der Waals surface area contributed by atoms with E-state index in [4.69, 9.17) is 4.42 Å². The van der Waals surface area contributed by atoms with Crippen molar-refractivity contribution in [3.8, 4) is 0 Å². The van der Waals surface area contributed by atoms with Gasteiger partial charge in [0.05, 0.1) is 12.5 Å². The van der Waals surface area contributed by atoms with E-state index in [-0.39, 0.29) is 28.9 Å². The van der Waals surface area contributed by atoms with Gasteiger partial charge < -0.3 is 20.0 Å². The largest absolute Gasteiger partial charge is 0.618 e. The maximum absolute atomic E-state index is 14.4. The number of halogens is 1. The lowest BCUT2D eigenvalue weighted by molar-refractivity contribution is -0.623. The number of nitrogens with one attached hydrogen (secondary N) is 1. The highest BCUT2D eigenvalue weighted by atomic mass is 19.1. The van der Waals surface area contributed by atoms with Crippen LogP contribution in [0.3, 0.4) is 0 Å². The number of rotatable bonds is 7. The van der Waals surface area contributed by atoms with Crippen LogP contribution in [0.15, 0.2) is 95.5 Å². The number of nitrogens with zero attached hydrogens (tertiary/aromatic N) is 1. The fourth-order valence-electron chi connectivity index (χ4n) is 5.00. The minimum absolute atomic E-state index is 0.0211. The Labute approximate surface area is 225 Å². The molecule has 7 heteroatoms. The molecule has 0 aliphatic carbocycles. The number of furan rings is 1. The van der Waals surface area contributed by atoms with Crippen molar-refractivity contribution < 1.29 is 23.4 Å². The summed E-state index contributed by atoms with van der Waals surface area (Å²) in [5.41, 5.74) is 2.99. The molecule has 0 aliphatic rings. The normalized spacial score (nSPS) is 13.7. The van der Waals surface area contributed by atoms with Crippen LogP contribution in [0.5, 0.6) is 0 Å². The van der Waals surface area contributed by atoms with E-state index in [1.807, 2.05) is 50.2 Å². The molecular weight excluding hydrogens is 495 g/mol. The van der Waals surface area contributed by atoms with Gasteiger partial charge in [0, 0.05) is 11.5 Å². The van der Waals surface area contributed by atoms with Gasteiger partial charge in [0.2, 0.25) is 11.5 Å². The van der Waals surface area contributed by atoms with E-state index in [9.17, 15) is 19.5 Å². The average Bonchev–Trinajstić information content (AvgIpc) is 3.33. The molecule has 0 spiro atoms. The van der Waals surface area contributed by atoms with E-state index < -0.39 is 17.1 Å². The van der Waals surface area contributed by atoms with Crippen molar-refractivity contribution in [2.24, 2.45) is 0 Å². The first-order valence-corrected chi connectivity index (χ1v) is 12.7. The summed E-state index contributed by atoms with van der Waals surface area (Å²) >= 11 is 0. The first-order chi connectivity index (χ1) is 18.6. The zero-order chi connectivity index (χ0) is 27.7. The summed E-state index contributed by atoms with van der Waals surface area (Å²) in [4.78, 5) is 13.3. The molecular formula is C32H29FN2O4. The highest BCUT2D eigenvalue weighted by molar-refractivity contribution is 5.83. The smallest absolute Gasteiger partial charge is 0.268 e. The number of aliphatic hydroxyl groups is 1. The van der Waals surface area contributed by atoms with Crippen molar-refractivity contribution in [2.45, 2.75) is 38.8 Å². The van der Waals surface area contributed by atoms with Gasteiger partial charge >= 0.3 is 0 Å². The monoisotopic (exact) mass is 524 g/mol. The number of aromatic nitrogens is 1. The van der Waals surface area contributed by atoms with E-state index in [1.165, 1.54) is 13.0 Å². The SMILES string of the molecule is Cc1ccc([C@@H](NC(=O)Cc2ccc3oc(C(C)(O)c4c(F)ccc[n+]4[O-])cc3c2)c2ccccc2)c(C)c1. The summed E-state index contributed by atoms with van der Waals surface area (Å²) < 4.78 is 20.5. The molecule has 5 rings (SSSR count). The summed E-state index contributed by atoms with van der Waals surface area (Å²) in [5.74, 6) is -0.975. The van der Waals surface area contributed by atoms with Crippen LogP contribution in [0.4, 0.5) is 4.39 Å². The van der Waals surface area contributed by atoms with Crippen LogP contribution < -0.4 is 10.0 Å². The molecule has 39 heavy (non-hydrogen) atoms. The molecule has 0 bridgehead atoms. The first kappa shape index (κ1) is 26.1. The Morgan fingerprint density at radius 2 is 1.82 bits per heavy atom. The van der Waals surface area contributed by atoms with E-state index in [1.54, 1.807) is 24.3 Å². The molecule has 1 amide bonds. The van der Waals surface area contributed by atoms with Crippen molar-refractivity contribution in [3.63, 3.8) is 0 Å². The maximum Gasteiger partial charge on any atom is 0.268 e. The highest BCUT2D eigenvalue weighted by Crippen LogP contribution is 2.33. The van der Waals surface area contributed by atoms with Crippen LogP contribution in [0.1, 0.15) is 52.2 Å². The van der Waals surface area contributed by atoms with Crippen molar-refractivity contribution >= 4 is 16.9 Å². The van der Waals surface area contributed by atoms with Gasteiger partial charge in [-0.15, -0.1) is 0 Å². The number of amides is 1. The predicted octanol–water partition coefficient (Wildman–Crippen LogP) is 5.53. The number of hydrogen-bond donors (Lipinski definition) is 2. The third-order valence-electron chi connectivity index (χ3n) is 6.97. The van der Waals surface area contributed by atoms with Gasteiger partial charge in [-0.25, -0.2) is 0 Å². The lowest BCUT2D eigenvalue weighted by atomic mass is 9.93. The minimum Gasteiger partial charge on any atom is -0.618 e. The van der Waals surface area contributed by atoms with E-state index >= 15 is 0 Å². The lowest BCUT2D eigenvalue weighted by Gasteiger charge is -2.22. The molecule has 198 valence electrons. The van der Waals surface area contributed by atoms with Crippen molar-refractivity contribution in [3.05, 3.63) is 141 Å². The van der Waals surface area contributed by atoms with Gasteiger partial charge in [0.25, 0.3) is 5.69 Å². The standard InChI is InChI=1S/C32H29FN2O4/c1-20-11-13-25(21(2)16-20)30(23-8-5-4-6-9-23)34-29(36)18-22-12-14-27-24(17-22)19-28(39-27)32(3,37)31-26(33)10-7-15-35(31)38/h4-17,19,30,37H,18H2,1-3H3,(H,34,36)/t30-,32?/m0/s1. The number of hydrogen-bond acceptors (Lipinski definition) is 4. The molecule has 1 unspecified atom stereocenters. The summed E-state index contributed by atoms with van der Waals surface area (Å²) in [5, 5.41) is 27.1. The fourth-order valence-corrected chi connectivity index (χ4v) is 5.00. The van der Waals surface area contributed by atoms with Gasteiger partial charge in [-0.3, -0.25) is 4.79 Å².